The highest BCUT2D eigenvalue weighted by atomic mass is 16.5. The molecule has 4 rings (SSSR count). The Kier molecular flexibility index (Phi) is 13.9. The lowest BCUT2D eigenvalue weighted by Crippen LogP contribution is -2.45. The second-order valence-corrected chi connectivity index (χ2v) is 12.0. The van der Waals surface area contributed by atoms with Crippen LogP contribution in [0.15, 0.2) is 97.1 Å². The molecule has 244 valence electrons. The highest BCUT2D eigenvalue weighted by molar-refractivity contribution is 5.86. The molecule has 4 atom stereocenters. The van der Waals surface area contributed by atoms with Gasteiger partial charge in [-0.05, 0) is 74.3 Å². The summed E-state index contributed by atoms with van der Waals surface area (Å²) in [6, 6.07) is 26.6. The number of aliphatic hydroxyl groups is 1. The number of amides is 2. The number of aliphatic hydroxyl groups excluding tert-OH is 1. The molecule has 1 heterocycles. The van der Waals surface area contributed by atoms with E-state index < -0.39 is 18.0 Å². The summed E-state index contributed by atoms with van der Waals surface area (Å²) in [5, 5.41) is 15.2. The van der Waals surface area contributed by atoms with Crippen LogP contribution < -0.4 is 15.4 Å². The molecule has 0 spiro atoms. The Morgan fingerprint density at radius 3 is 2.28 bits per heavy atom. The van der Waals surface area contributed by atoms with Crippen LogP contribution in [-0.2, 0) is 38.6 Å². The summed E-state index contributed by atoms with van der Waals surface area (Å²) in [4.78, 5) is 39.7. The van der Waals surface area contributed by atoms with Crippen molar-refractivity contribution in [1.29, 1.82) is 0 Å². The lowest BCUT2D eigenvalue weighted by atomic mass is 9.93. The van der Waals surface area contributed by atoms with E-state index in [9.17, 15) is 19.5 Å². The molecule has 3 aromatic rings. The first-order valence-electron chi connectivity index (χ1n) is 16.2. The van der Waals surface area contributed by atoms with Crippen LogP contribution in [0.2, 0.25) is 0 Å². The minimum Gasteiger partial charge on any atom is -0.489 e. The highest BCUT2D eigenvalue weighted by Crippen LogP contribution is 2.21. The van der Waals surface area contributed by atoms with E-state index in [4.69, 9.17) is 9.47 Å². The van der Waals surface area contributed by atoms with Crippen LogP contribution in [0.5, 0.6) is 5.75 Å². The quantitative estimate of drug-likeness (QED) is 0.196. The normalized spacial score (nSPS) is 20.1. The lowest BCUT2D eigenvalue weighted by molar-refractivity contribution is -0.150. The summed E-state index contributed by atoms with van der Waals surface area (Å²) in [5.41, 5.74) is 3.10. The van der Waals surface area contributed by atoms with Gasteiger partial charge in [-0.2, -0.15) is 0 Å². The predicted molar refractivity (Wildman–Crippen MR) is 178 cm³/mol. The molecule has 2 amide bonds. The minimum absolute atomic E-state index is 0.0123. The van der Waals surface area contributed by atoms with Crippen molar-refractivity contribution in [3.63, 3.8) is 0 Å². The van der Waals surface area contributed by atoms with Crippen LogP contribution in [0.4, 0.5) is 0 Å². The van der Waals surface area contributed by atoms with Crippen LogP contribution in [0, 0.1) is 11.8 Å². The van der Waals surface area contributed by atoms with E-state index in [1.54, 1.807) is 6.92 Å². The fourth-order valence-corrected chi connectivity index (χ4v) is 5.47. The summed E-state index contributed by atoms with van der Waals surface area (Å²) in [5.74, 6) is -1.02. The monoisotopic (exact) mass is 626 g/mol. The summed E-state index contributed by atoms with van der Waals surface area (Å²) in [6.07, 6.45) is 7.62. The zero-order valence-corrected chi connectivity index (χ0v) is 26.6. The van der Waals surface area contributed by atoms with Crippen molar-refractivity contribution in [3.05, 3.63) is 114 Å². The molecular weight excluding hydrogens is 580 g/mol. The van der Waals surface area contributed by atoms with Crippen LogP contribution in [-0.4, -0.2) is 48.2 Å². The van der Waals surface area contributed by atoms with E-state index in [1.165, 1.54) is 0 Å². The summed E-state index contributed by atoms with van der Waals surface area (Å²) in [7, 11) is 0. The van der Waals surface area contributed by atoms with Gasteiger partial charge in [0.1, 0.15) is 19.0 Å². The van der Waals surface area contributed by atoms with Gasteiger partial charge in [-0.15, -0.1) is 0 Å². The van der Waals surface area contributed by atoms with E-state index in [2.05, 4.69) is 10.6 Å². The van der Waals surface area contributed by atoms with Crippen molar-refractivity contribution in [2.24, 2.45) is 11.8 Å². The van der Waals surface area contributed by atoms with Crippen molar-refractivity contribution in [2.45, 2.75) is 70.6 Å². The molecule has 0 aliphatic carbocycles. The zero-order chi connectivity index (χ0) is 32.6. The molecule has 8 nitrogen and oxygen atoms in total. The number of carbonyl (C=O) groups excluding carboxylic acids is 3. The third kappa shape index (κ3) is 11.8. The molecule has 8 heteroatoms. The van der Waals surface area contributed by atoms with E-state index in [0.29, 0.717) is 32.3 Å². The Labute approximate surface area is 272 Å². The Morgan fingerprint density at radius 1 is 0.913 bits per heavy atom. The number of nitrogens with one attached hydrogen (secondary N) is 2. The Balaban J connectivity index is 1.48. The number of allylic oxidation sites excluding steroid dienone is 2. The van der Waals surface area contributed by atoms with Gasteiger partial charge in [-0.25, -0.2) is 0 Å². The third-order valence-corrected chi connectivity index (χ3v) is 8.08. The van der Waals surface area contributed by atoms with Gasteiger partial charge < -0.3 is 25.2 Å². The molecule has 0 saturated heterocycles. The maximum absolute atomic E-state index is 13.6. The number of carbonyl (C=O) groups is 3. The molecule has 3 aromatic carbocycles. The van der Waals surface area contributed by atoms with Gasteiger partial charge in [0.15, 0.2) is 0 Å². The van der Waals surface area contributed by atoms with E-state index in [1.807, 2.05) is 97.1 Å². The first-order chi connectivity index (χ1) is 22.4. The number of hydrogen-bond donors (Lipinski definition) is 3. The third-order valence-electron chi connectivity index (χ3n) is 8.08. The van der Waals surface area contributed by atoms with Crippen LogP contribution in [0.3, 0.4) is 0 Å². The van der Waals surface area contributed by atoms with Crippen molar-refractivity contribution in [2.75, 3.05) is 13.2 Å². The van der Waals surface area contributed by atoms with Crippen LogP contribution in [0.1, 0.15) is 55.7 Å². The Bertz CT molecular complexity index is 1390. The SMILES string of the molecule is C[C@H](CO)NC(=O)C[C@H]1CC=CCCC[C@H](Cc2ccccc2)C(=O)OC[C@H](Cc2ccc(OCc3ccccc3)cc2)NC1=O. The van der Waals surface area contributed by atoms with Gasteiger partial charge in [-0.3, -0.25) is 14.4 Å². The first kappa shape index (κ1) is 34.4. The van der Waals surface area contributed by atoms with Gasteiger partial charge in [-0.1, -0.05) is 84.9 Å². The summed E-state index contributed by atoms with van der Waals surface area (Å²) < 4.78 is 11.8. The maximum Gasteiger partial charge on any atom is 0.309 e. The molecule has 46 heavy (non-hydrogen) atoms. The number of ether oxygens (including phenoxy) is 2. The smallest absolute Gasteiger partial charge is 0.309 e. The molecule has 3 N–H and O–H groups in total. The van der Waals surface area contributed by atoms with E-state index in [-0.39, 0.29) is 43.3 Å². The average Bonchev–Trinajstić information content (AvgIpc) is 3.07. The molecule has 0 aromatic heterocycles. The second-order valence-electron chi connectivity index (χ2n) is 12.0. The predicted octanol–water partition coefficient (Wildman–Crippen LogP) is 5.33. The molecule has 0 radical (unpaired) electrons. The Morgan fingerprint density at radius 2 is 1.59 bits per heavy atom. The molecule has 0 fully saturated rings. The fraction of sp³-hybridized carbons (Fsp3) is 0.395. The van der Waals surface area contributed by atoms with Gasteiger partial charge >= 0.3 is 5.97 Å². The standard InChI is InChI=1S/C38H46N2O6/c1-28(25-41)39-36(42)24-32-16-10-2-3-11-17-33(22-29-12-6-4-7-13-29)38(44)46-27-34(40-37(32)43)23-30-18-20-35(21-19-30)45-26-31-14-8-5-9-15-31/h2,4-10,12-15,18-21,28,32-34,41H,3,11,16-17,22-27H2,1H3,(H,39,42)(H,40,43)/t28-,32-,33-,34+/m1/s1. The largest absolute Gasteiger partial charge is 0.489 e. The van der Waals surface area contributed by atoms with Crippen LogP contribution in [0.25, 0.3) is 0 Å². The van der Waals surface area contributed by atoms with Crippen molar-refractivity contribution < 1.29 is 29.0 Å². The molecule has 0 unspecified atom stereocenters. The first-order valence-corrected chi connectivity index (χ1v) is 16.2. The summed E-state index contributed by atoms with van der Waals surface area (Å²) in [6.45, 7) is 1.99. The number of hydrogen-bond acceptors (Lipinski definition) is 6. The van der Waals surface area contributed by atoms with E-state index in [0.717, 1.165) is 35.3 Å². The second kappa shape index (κ2) is 18.5. The number of rotatable bonds is 11. The van der Waals surface area contributed by atoms with E-state index >= 15 is 0 Å². The fourth-order valence-electron chi connectivity index (χ4n) is 5.47. The summed E-state index contributed by atoms with van der Waals surface area (Å²) >= 11 is 0. The molecular formula is C38H46N2O6. The number of benzene rings is 3. The number of esters is 1. The van der Waals surface area contributed by atoms with Crippen molar-refractivity contribution in [1.82, 2.24) is 10.6 Å². The maximum atomic E-state index is 13.6. The molecule has 1 aliphatic rings. The van der Waals surface area contributed by atoms with Crippen molar-refractivity contribution in [3.8, 4) is 5.75 Å². The van der Waals surface area contributed by atoms with Gasteiger partial charge in [0.05, 0.1) is 24.5 Å². The van der Waals surface area contributed by atoms with Gasteiger partial charge in [0.2, 0.25) is 11.8 Å². The Hall–Kier alpha value is -4.43. The average molecular weight is 627 g/mol. The highest BCUT2D eigenvalue weighted by Gasteiger charge is 2.27. The zero-order valence-electron chi connectivity index (χ0n) is 26.6. The van der Waals surface area contributed by atoms with Gasteiger partial charge in [0, 0.05) is 12.5 Å². The number of cyclic esters (lactones) is 1. The topological polar surface area (TPSA) is 114 Å². The molecule has 1 aliphatic heterocycles. The minimum atomic E-state index is -0.608. The molecule has 0 bridgehead atoms. The van der Waals surface area contributed by atoms with Crippen LogP contribution >= 0.6 is 0 Å². The van der Waals surface area contributed by atoms with Gasteiger partial charge in [0.25, 0.3) is 0 Å². The lowest BCUT2D eigenvalue weighted by Gasteiger charge is -2.24. The van der Waals surface area contributed by atoms with Crippen molar-refractivity contribution >= 4 is 17.8 Å². The molecule has 0 saturated carbocycles.